The van der Waals surface area contributed by atoms with Crippen molar-refractivity contribution < 1.29 is 37.2 Å². The van der Waals surface area contributed by atoms with Gasteiger partial charge < -0.3 is 19.7 Å². The summed E-state index contributed by atoms with van der Waals surface area (Å²) >= 11 is 0. The molecular formula is C21H17F4NO4. The number of aliphatic hydroxyl groups is 2. The second kappa shape index (κ2) is 9.55. The fourth-order valence-electron chi connectivity index (χ4n) is 2.87. The molecule has 0 unspecified atom stereocenters. The molecule has 2 N–H and O–H groups in total. The average Bonchev–Trinajstić information content (AvgIpc) is 2.73. The second-order valence-electron chi connectivity index (χ2n) is 6.18. The van der Waals surface area contributed by atoms with Gasteiger partial charge in [0, 0.05) is 17.3 Å². The van der Waals surface area contributed by atoms with Crippen LogP contribution < -0.4 is 9.47 Å². The van der Waals surface area contributed by atoms with Gasteiger partial charge in [0.25, 0.3) is 0 Å². The van der Waals surface area contributed by atoms with Gasteiger partial charge in [-0.3, -0.25) is 4.98 Å². The van der Waals surface area contributed by atoms with E-state index in [1.165, 1.54) is 48.7 Å². The van der Waals surface area contributed by atoms with E-state index in [9.17, 15) is 22.7 Å². The predicted molar refractivity (Wildman–Crippen MR) is 99.4 cm³/mol. The second-order valence-corrected chi connectivity index (χ2v) is 6.18. The Morgan fingerprint density at radius 2 is 1.60 bits per heavy atom. The van der Waals surface area contributed by atoms with E-state index in [1.807, 2.05) is 0 Å². The van der Waals surface area contributed by atoms with Crippen LogP contribution in [0.3, 0.4) is 0 Å². The molecule has 30 heavy (non-hydrogen) atoms. The molecule has 1 aromatic heterocycles. The number of nitrogens with zero attached hydrogens (tertiary/aromatic N) is 1. The Kier molecular flexibility index (Phi) is 6.86. The van der Waals surface area contributed by atoms with Crippen molar-refractivity contribution in [3.63, 3.8) is 0 Å². The summed E-state index contributed by atoms with van der Waals surface area (Å²) in [5.74, 6) is -0.343. The first-order valence-corrected chi connectivity index (χ1v) is 8.75. The first-order chi connectivity index (χ1) is 14.4. The third-order valence-electron chi connectivity index (χ3n) is 4.23. The van der Waals surface area contributed by atoms with Crippen molar-refractivity contribution in [2.24, 2.45) is 0 Å². The van der Waals surface area contributed by atoms with Gasteiger partial charge >= 0.3 is 13.2 Å². The number of hydrogen-bond donors (Lipinski definition) is 2. The van der Waals surface area contributed by atoms with E-state index < -0.39 is 19.3 Å². The Morgan fingerprint density at radius 3 is 2.23 bits per heavy atom. The Balaban J connectivity index is 2.01. The molecule has 0 saturated heterocycles. The molecule has 9 heteroatoms. The average molecular weight is 423 g/mol. The van der Waals surface area contributed by atoms with E-state index >= 15 is 0 Å². The van der Waals surface area contributed by atoms with Gasteiger partial charge in [0.2, 0.25) is 0 Å². The van der Waals surface area contributed by atoms with Crippen LogP contribution in [0.15, 0.2) is 60.8 Å². The summed E-state index contributed by atoms with van der Waals surface area (Å²) < 4.78 is 59.6. The Labute approximate surface area is 169 Å². The summed E-state index contributed by atoms with van der Waals surface area (Å²) in [4.78, 5) is 4.00. The highest BCUT2D eigenvalue weighted by molar-refractivity contribution is 5.72. The summed E-state index contributed by atoms with van der Waals surface area (Å²) in [5.41, 5.74) is 1.61. The van der Waals surface area contributed by atoms with E-state index in [0.29, 0.717) is 16.8 Å². The van der Waals surface area contributed by atoms with Crippen LogP contribution >= 0.6 is 0 Å². The molecule has 3 rings (SSSR count). The number of halogens is 4. The molecule has 0 saturated carbocycles. The number of alkyl halides is 4. The molecule has 0 bridgehead atoms. The highest BCUT2D eigenvalue weighted by atomic mass is 19.3. The minimum Gasteiger partial charge on any atom is -0.435 e. The highest BCUT2D eigenvalue weighted by Crippen LogP contribution is 2.36. The number of benzene rings is 2. The highest BCUT2D eigenvalue weighted by Gasteiger charge is 2.18. The van der Waals surface area contributed by atoms with Gasteiger partial charge in [0.1, 0.15) is 17.6 Å². The molecular weight excluding hydrogens is 406 g/mol. The van der Waals surface area contributed by atoms with Crippen LogP contribution in [0, 0.1) is 0 Å². The first-order valence-electron chi connectivity index (χ1n) is 8.75. The fraction of sp³-hybridized carbons (Fsp3) is 0.190. The lowest BCUT2D eigenvalue weighted by Gasteiger charge is -2.17. The lowest BCUT2D eigenvalue weighted by Crippen LogP contribution is -2.06. The zero-order valence-electron chi connectivity index (χ0n) is 15.4. The number of rotatable bonds is 8. The summed E-state index contributed by atoms with van der Waals surface area (Å²) in [6.07, 6.45) is 0.237. The molecule has 3 aromatic rings. The van der Waals surface area contributed by atoms with Crippen LogP contribution in [0.25, 0.3) is 11.1 Å². The van der Waals surface area contributed by atoms with Crippen molar-refractivity contribution in [3.8, 4) is 22.6 Å². The normalized spacial score (nSPS) is 12.3. The van der Waals surface area contributed by atoms with Crippen molar-refractivity contribution in [1.82, 2.24) is 4.98 Å². The Morgan fingerprint density at radius 1 is 0.867 bits per heavy atom. The molecule has 0 aliphatic rings. The first kappa shape index (κ1) is 21.5. The summed E-state index contributed by atoms with van der Waals surface area (Å²) in [6.45, 7) is -6.40. The van der Waals surface area contributed by atoms with Crippen LogP contribution in [0.4, 0.5) is 17.6 Å². The van der Waals surface area contributed by atoms with Crippen molar-refractivity contribution in [1.29, 1.82) is 0 Å². The molecule has 1 heterocycles. The third kappa shape index (κ3) is 5.25. The van der Waals surface area contributed by atoms with Gasteiger partial charge in [0.15, 0.2) is 0 Å². The van der Waals surface area contributed by atoms with Gasteiger partial charge in [-0.15, -0.1) is 0 Å². The molecule has 5 nitrogen and oxygen atoms in total. The number of hydrogen-bond acceptors (Lipinski definition) is 5. The maximum absolute atomic E-state index is 12.8. The molecule has 0 spiro atoms. The SMILES string of the molecule is OCc1ccc([C@H](O)c2ccc(OC(F)F)c(-c3cccc(OC(F)F)c3)c2)cn1. The lowest BCUT2D eigenvalue weighted by molar-refractivity contribution is -0.0500. The monoisotopic (exact) mass is 423 g/mol. The van der Waals surface area contributed by atoms with Crippen LogP contribution in [0.5, 0.6) is 11.5 Å². The Bertz CT molecular complexity index is 983. The van der Waals surface area contributed by atoms with Gasteiger partial charge in [-0.1, -0.05) is 24.3 Å². The maximum atomic E-state index is 12.8. The fourth-order valence-corrected chi connectivity index (χ4v) is 2.87. The summed E-state index contributed by atoms with van der Waals surface area (Å²) in [6, 6.07) is 12.7. The molecule has 0 radical (unpaired) electrons. The smallest absolute Gasteiger partial charge is 0.387 e. The topological polar surface area (TPSA) is 71.8 Å². The predicted octanol–water partition coefficient (Wildman–Crippen LogP) is 4.53. The van der Waals surface area contributed by atoms with Crippen LogP contribution in [0.1, 0.15) is 22.9 Å². The van der Waals surface area contributed by atoms with Crippen molar-refractivity contribution in [2.75, 3.05) is 0 Å². The van der Waals surface area contributed by atoms with E-state index in [0.717, 1.165) is 0 Å². The van der Waals surface area contributed by atoms with Gasteiger partial charge in [-0.05, 0) is 41.5 Å². The third-order valence-corrected chi connectivity index (χ3v) is 4.23. The van der Waals surface area contributed by atoms with E-state index in [-0.39, 0.29) is 29.2 Å². The quantitative estimate of drug-likeness (QED) is 0.521. The van der Waals surface area contributed by atoms with Crippen molar-refractivity contribution in [3.05, 3.63) is 77.6 Å². The van der Waals surface area contributed by atoms with Gasteiger partial charge in [-0.2, -0.15) is 17.6 Å². The van der Waals surface area contributed by atoms with Crippen LogP contribution in [-0.2, 0) is 6.61 Å². The molecule has 1 atom stereocenters. The minimum atomic E-state index is -3.10. The minimum absolute atomic E-state index is 0.153. The number of aliphatic hydroxyl groups excluding tert-OH is 2. The molecule has 0 fully saturated rings. The zero-order chi connectivity index (χ0) is 21.7. The van der Waals surface area contributed by atoms with E-state index in [4.69, 9.17) is 5.11 Å². The molecule has 0 amide bonds. The standard InChI is InChI=1S/C21H17F4NO4/c22-20(23)29-16-3-1-2-12(8-16)17-9-13(5-7-18(17)30-21(24)25)19(28)14-4-6-15(11-27)26-10-14/h1-10,19-21,27-28H,11H2/t19-/m1/s1. The maximum Gasteiger partial charge on any atom is 0.387 e. The zero-order valence-corrected chi connectivity index (χ0v) is 15.4. The van der Waals surface area contributed by atoms with Gasteiger partial charge in [0.05, 0.1) is 12.3 Å². The van der Waals surface area contributed by atoms with Gasteiger partial charge in [-0.25, -0.2) is 0 Å². The molecule has 0 aliphatic carbocycles. The Hall–Kier alpha value is -3.17. The van der Waals surface area contributed by atoms with Crippen LogP contribution in [0.2, 0.25) is 0 Å². The number of ether oxygens (including phenoxy) is 2. The number of pyridine rings is 1. The molecule has 2 aromatic carbocycles. The largest absolute Gasteiger partial charge is 0.435 e. The molecule has 158 valence electrons. The van der Waals surface area contributed by atoms with Crippen molar-refractivity contribution >= 4 is 0 Å². The number of aromatic nitrogens is 1. The summed E-state index contributed by atoms with van der Waals surface area (Å²) in [7, 11) is 0. The lowest BCUT2D eigenvalue weighted by atomic mass is 9.96. The van der Waals surface area contributed by atoms with E-state index in [2.05, 4.69) is 14.5 Å². The van der Waals surface area contributed by atoms with Crippen LogP contribution in [-0.4, -0.2) is 28.4 Å². The van der Waals surface area contributed by atoms with Crippen molar-refractivity contribution in [2.45, 2.75) is 25.9 Å². The van der Waals surface area contributed by atoms with E-state index in [1.54, 1.807) is 12.1 Å². The summed E-state index contributed by atoms with van der Waals surface area (Å²) in [5, 5.41) is 19.7. The molecule has 0 aliphatic heterocycles.